The molecule has 108 valence electrons. The predicted molar refractivity (Wildman–Crippen MR) is 87.6 cm³/mol. The van der Waals surface area contributed by atoms with Crippen LogP contribution in [0.25, 0.3) is 0 Å². The fourth-order valence-corrected chi connectivity index (χ4v) is 3.27. The average molecular weight is 320 g/mol. The summed E-state index contributed by atoms with van der Waals surface area (Å²) < 4.78 is 0. The Hall–Kier alpha value is -1.35. The van der Waals surface area contributed by atoms with Gasteiger partial charge in [-0.25, -0.2) is 0 Å². The summed E-state index contributed by atoms with van der Waals surface area (Å²) in [6.07, 6.45) is 1.80. The molecule has 0 saturated heterocycles. The number of halogens is 2. The van der Waals surface area contributed by atoms with Crippen molar-refractivity contribution in [2.24, 2.45) is 4.99 Å². The summed E-state index contributed by atoms with van der Waals surface area (Å²) >= 11 is 12.2. The number of fused-ring (bicyclic) bond motifs is 1. The Kier molecular flexibility index (Phi) is 4.29. The van der Waals surface area contributed by atoms with E-state index in [-0.39, 0.29) is 12.6 Å². The van der Waals surface area contributed by atoms with Crippen LogP contribution in [0.3, 0.4) is 0 Å². The lowest BCUT2D eigenvalue weighted by Crippen LogP contribution is -2.17. The normalized spacial score (nSPS) is 19.6. The molecule has 0 saturated carbocycles. The van der Waals surface area contributed by atoms with Crippen molar-refractivity contribution in [1.82, 2.24) is 0 Å². The number of aliphatic hydroxyl groups is 1. The van der Waals surface area contributed by atoms with Crippen LogP contribution in [-0.4, -0.2) is 17.5 Å². The van der Waals surface area contributed by atoms with E-state index in [1.54, 1.807) is 0 Å². The van der Waals surface area contributed by atoms with E-state index < -0.39 is 0 Å². The highest BCUT2D eigenvalue weighted by Gasteiger charge is 2.25. The highest BCUT2D eigenvalue weighted by atomic mass is 35.5. The lowest BCUT2D eigenvalue weighted by Gasteiger charge is -2.27. The summed E-state index contributed by atoms with van der Waals surface area (Å²) in [5.41, 5.74) is 4.49. The maximum absolute atomic E-state index is 9.07. The summed E-state index contributed by atoms with van der Waals surface area (Å²) in [7, 11) is 0. The van der Waals surface area contributed by atoms with Gasteiger partial charge >= 0.3 is 0 Å². The number of aliphatic imine (C=N–C) groups is 1. The summed E-state index contributed by atoms with van der Waals surface area (Å²) in [4.78, 5) is 4.21. The van der Waals surface area contributed by atoms with Gasteiger partial charge in [0.25, 0.3) is 0 Å². The van der Waals surface area contributed by atoms with Gasteiger partial charge < -0.3 is 5.11 Å². The number of benzene rings is 2. The first-order chi connectivity index (χ1) is 10.2. The first kappa shape index (κ1) is 14.6. The Labute approximate surface area is 134 Å². The molecule has 4 heteroatoms. The zero-order chi connectivity index (χ0) is 14.8. The van der Waals surface area contributed by atoms with Crippen molar-refractivity contribution in [1.29, 1.82) is 0 Å². The fourth-order valence-electron chi connectivity index (χ4n) is 2.96. The molecule has 1 atom stereocenters. The zero-order valence-corrected chi connectivity index (χ0v) is 12.9. The second-order valence-corrected chi connectivity index (χ2v) is 5.91. The number of aliphatic hydroxyl groups excluding tert-OH is 1. The minimum Gasteiger partial charge on any atom is -0.375 e. The van der Waals surface area contributed by atoms with Gasteiger partial charge in [-0.15, -0.1) is 0 Å². The SMILES string of the molecule is OCN=C1CCC(c2ccc(Cl)c(Cl)c2)c2ccccc21. The molecule has 0 radical (unpaired) electrons. The molecule has 0 bridgehead atoms. The number of hydrogen-bond donors (Lipinski definition) is 1. The van der Waals surface area contributed by atoms with E-state index >= 15 is 0 Å². The van der Waals surface area contributed by atoms with Crippen LogP contribution in [0.1, 0.15) is 35.4 Å². The van der Waals surface area contributed by atoms with Crippen molar-refractivity contribution in [2.45, 2.75) is 18.8 Å². The van der Waals surface area contributed by atoms with Crippen LogP contribution < -0.4 is 0 Å². The number of hydrogen-bond acceptors (Lipinski definition) is 2. The molecule has 2 nitrogen and oxygen atoms in total. The molecule has 0 aromatic heterocycles. The number of rotatable bonds is 2. The Morgan fingerprint density at radius 3 is 2.67 bits per heavy atom. The van der Waals surface area contributed by atoms with Crippen molar-refractivity contribution in [3.63, 3.8) is 0 Å². The molecule has 0 fully saturated rings. The van der Waals surface area contributed by atoms with Crippen LogP contribution in [-0.2, 0) is 0 Å². The maximum Gasteiger partial charge on any atom is 0.134 e. The fraction of sp³-hybridized carbons (Fsp3) is 0.235. The van der Waals surface area contributed by atoms with E-state index in [1.165, 1.54) is 11.1 Å². The standard InChI is InChI=1S/C17H15Cl2NO/c18-15-7-5-11(9-16(15)19)12-6-8-17(20-10-21)14-4-2-1-3-13(12)14/h1-5,7,9,12,21H,6,8,10H2. The van der Waals surface area contributed by atoms with Crippen LogP contribution in [0.2, 0.25) is 10.0 Å². The van der Waals surface area contributed by atoms with Gasteiger partial charge in [-0.3, -0.25) is 4.99 Å². The molecule has 2 aromatic rings. The first-order valence-corrected chi connectivity index (χ1v) is 7.64. The number of nitrogens with zero attached hydrogens (tertiary/aromatic N) is 1. The molecule has 2 aromatic carbocycles. The van der Waals surface area contributed by atoms with Crippen molar-refractivity contribution in [2.75, 3.05) is 6.73 Å². The van der Waals surface area contributed by atoms with Crippen LogP contribution in [0.15, 0.2) is 47.5 Å². The third kappa shape index (κ3) is 2.84. The van der Waals surface area contributed by atoms with E-state index in [0.29, 0.717) is 10.0 Å². The van der Waals surface area contributed by atoms with E-state index in [2.05, 4.69) is 17.1 Å². The smallest absolute Gasteiger partial charge is 0.134 e. The lowest BCUT2D eigenvalue weighted by atomic mass is 9.78. The molecule has 3 rings (SSSR count). The molecular formula is C17H15Cl2NO. The summed E-state index contributed by atoms with van der Waals surface area (Å²) in [6.45, 7) is -0.166. The molecule has 0 heterocycles. The zero-order valence-electron chi connectivity index (χ0n) is 11.4. The molecule has 0 spiro atoms. The van der Waals surface area contributed by atoms with Gasteiger partial charge in [-0.05, 0) is 41.7 Å². The van der Waals surface area contributed by atoms with Gasteiger partial charge in [0.15, 0.2) is 0 Å². The van der Waals surface area contributed by atoms with Crippen molar-refractivity contribution in [3.8, 4) is 0 Å². The van der Waals surface area contributed by atoms with Gasteiger partial charge in [-0.1, -0.05) is 53.5 Å². The molecule has 1 aliphatic carbocycles. The molecule has 1 aliphatic rings. The third-order valence-electron chi connectivity index (χ3n) is 3.92. The first-order valence-electron chi connectivity index (χ1n) is 6.89. The highest BCUT2D eigenvalue weighted by Crippen LogP contribution is 2.38. The van der Waals surface area contributed by atoms with Gasteiger partial charge in [0.1, 0.15) is 6.73 Å². The van der Waals surface area contributed by atoms with Crippen LogP contribution in [0, 0.1) is 0 Å². The molecule has 0 amide bonds. The van der Waals surface area contributed by atoms with E-state index in [1.807, 2.05) is 30.3 Å². The van der Waals surface area contributed by atoms with Crippen LogP contribution >= 0.6 is 23.2 Å². The minimum atomic E-state index is -0.166. The topological polar surface area (TPSA) is 32.6 Å². The third-order valence-corrected chi connectivity index (χ3v) is 4.66. The van der Waals surface area contributed by atoms with E-state index in [4.69, 9.17) is 28.3 Å². The second kappa shape index (κ2) is 6.18. The lowest BCUT2D eigenvalue weighted by molar-refractivity contribution is 0.309. The van der Waals surface area contributed by atoms with E-state index in [9.17, 15) is 0 Å². The molecule has 1 N–H and O–H groups in total. The van der Waals surface area contributed by atoms with Gasteiger partial charge in [0.05, 0.1) is 10.0 Å². The van der Waals surface area contributed by atoms with Crippen LogP contribution in [0.4, 0.5) is 0 Å². The van der Waals surface area contributed by atoms with Gasteiger partial charge in [0, 0.05) is 11.6 Å². The van der Waals surface area contributed by atoms with Gasteiger partial charge in [0.2, 0.25) is 0 Å². The average Bonchev–Trinajstić information content (AvgIpc) is 2.51. The Bertz CT molecular complexity index is 697. The minimum absolute atomic E-state index is 0.166. The molecule has 1 unspecified atom stereocenters. The second-order valence-electron chi connectivity index (χ2n) is 5.10. The summed E-state index contributed by atoms with van der Waals surface area (Å²) in [6, 6.07) is 14.0. The Morgan fingerprint density at radius 1 is 1.10 bits per heavy atom. The molecule has 0 aliphatic heterocycles. The van der Waals surface area contributed by atoms with Crippen LogP contribution in [0.5, 0.6) is 0 Å². The molecular weight excluding hydrogens is 305 g/mol. The summed E-state index contributed by atoms with van der Waals surface area (Å²) in [5.74, 6) is 0.286. The Morgan fingerprint density at radius 2 is 1.90 bits per heavy atom. The predicted octanol–water partition coefficient (Wildman–Crippen LogP) is 4.66. The van der Waals surface area contributed by atoms with E-state index in [0.717, 1.165) is 24.1 Å². The van der Waals surface area contributed by atoms with Crippen molar-refractivity contribution >= 4 is 28.9 Å². The summed E-state index contributed by atoms with van der Waals surface area (Å²) in [5, 5.41) is 10.2. The molecule has 21 heavy (non-hydrogen) atoms. The Balaban J connectivity index is 2.07. The monoisotopic (exact) mass is 319 g/mol. The maximum atomic E-state index is 9.07. The quantitative estimate of drug-likeness (QED) is 0.858. The highest BCUT2D eigenvalue weighted by molar-refractivity contribution is 6.42. The van der Waals surface area contributed by atoms with Crippen molar-refractivity contribution in [3.05, 3.63) is 69.2 Å². The van der Waals surface area contributed by atoms with Crippen molar-refractivity contribution < 1.29 is 5.11 Å². The largest absolute Gasteiger partial charge is 0.375 e. The van der Waals surface area contributed by atoms with Gasteiger partial charge in [-0.2, -0.15) is 0 Å².